The molecule has 0 saturated heterocycles. The van der Waals surface area contributed by atoms with Crippen LogP contribution in [-0.4, -0.2) is 38.0 Å². The molecular formula is C19H27IN4OS. The van der Waals surface area contributed by atoms with E-state index in [1.54, 1.807) is 23.5 Å². The van der Waals surface area contributed by atoms with Crippen molar-refractivity contribution in [3.05, 3.63) is 58.3 Å². The Kier molecular flexibility index (Phi) is 11.0. The third-order valence-electron chi connectivity index (χ3n) is 3.64. The number of halogens is 1. The maximum Gasteiger partial charge on any atom is 0.251 e. The molecule has 0 saturated carbocycles. The van der Waals surface area contributed by atoms with Crippen molar-refractivity contribution in [2.45, 2.75) is 19.8 Å². The lowest BCUT2D eigenvalue weighted by atomic mass is 10.1. The molecule has 0 aliphatic rings. The van der Waals surface area contributed by atoms with Crippen molar-refractivity contribution in [3.8, 4) is 0 Å². The number of guanidine groups is 1. The van der Waals surface area contributed by atoms with Gasteiger partial charge in [-0.25, -0.2) is 0 Å². The van der Waals surface area contributed by atoms with Crippen LogP contribution in [0.25, 0.3) is 0 Å². The number of carbonyl (C=O) groups excluding carboxylic acids is 1. The predicted octanol–water partition coefficient (Wildman–Crippen LogP) is 3.45. The summed E-state index contributed by atoms with van der Waals surface area (Å²) in [7, 11) is 0. The Balaban J connectivity index is 0.00000338. The van der Waals surface area contributed by atoms with Gasteiger partial charge in [-0.3, -0.25) is 9.79 Å². The Labute approximate surface area is 176 Å². The summed E-state index contributed by atoms with van der Waals surface area (Å²) in [4.78, 5) is 18.0. The van der Waals surface area contributed by atoms with Crippen LogP contribution < -0.4 is 16.0 Å². The van der Waals surface area contributed by atoms with Crippen LogP contribution in [0.15, 0.2) is 52.8 Å². The maximum absolute atomic E-state index is 12.0. The van der Waals surface area contributed by atoms with Crippen LogP contribution >= 0.6 is 35.3 Å². The second-order valence-corrected chi connectivity index (χ2v) is 6.66. The fourth-order valence-electron chi connectivity index (χ4n) is 2.28. The fourth-order valence-corrected chi connectivity index (χ4v) is 3.06. The van der Waals surface area contributed by atoms with Gasteiger partial charge in [-0.05, 0) is 30.5 Å². The Morgan fingerprint density at radius 2 is 1.81 bits per heavy atom. The minimum absolute atomic E-state index is 0. The first kappa shape index (κ1) is 22.4. The number of hydrogen-bond donors (Lipinski definition) is 3. The molecule has 2 rings (SSSR count). The highest BCUT2D eigenvalue weighted by Gasteiger charge is 2.07. The minimum Gasteiger partial charge on any atom is -0.357 e. The van der Waals surface area contributed by atoms with Gasteiger partial charge >= 0.3 is 0 Å². The molecule has 0 radical (unpaired) electrons. The SMILES string of the molecule is CCNC(=NCC(C)c1cccs1)NCCNC(=O)c1ccccc1.I. The average molecular weight is 486 g/mol. The van der Waals surface area contributed by atoms with Gasteiger partial charge < -0.3 is 16.0 Å². The van der Waals surface area contributed by atoms with Crippen LogP contribution in [0.1, 0.15) is 35.0 Å². The molecule has 1 unspecified atom stereocenters. The number of nitrogens with one attached hydrogen (secondary N) is 3. The third-order valence-corrected chi connectivity index (χ3v) is 4.74. The highest BCUT2D eigenvalue weighted by Crippen LogP contribution is 2.20. The lowest BCUT2D eigenvalue weighted by molar-refractivity contribution is 0.0954. The molecule has 26 heavy (non-hydrogen) atoms. The summed E-state index contributed by atoms with van der Waals surface area (Å²) < 4.78 is 0. The van der Waals surface area contributed by atoms with Gasteiger partial charge in [0, 0.05) is 36.0 Å². The molecule has 5 nitrogen and oxygen atoms in total. The van der Waals surface area contributed by atoms with Crippen molar-refractivity contribution < 1.29 is 4.79 Å². The zero-order valence-electron chi connectivity index (χ0n) is 15.2. The van der Waals surface area contributed by atoms with Crippen molar-refractivity contribution in [2.24, 2.45) is 4.99 Å². The number of aliphatic imine (C=N–C) groups is 1. The van der Waals surface area contributed by atoms with Gasteiger partial charge in [-0.1, -0.05) is 31.2 Å². The van der Waals surface area contributed by atoms with Gasteiger partial charge in [-0.2, -0.15) is 0 Å². The largest absolute Gasteiger partial charge is 0.357 e. The number of carbonyl (C=O) groups is 1. The van der Waals surface area contributed by atoms with Gasteiger partial charge in [0.2, 0.25) is 0 Å². The average Bonchev–Trinajstić information content (AvgIpc) is 3.18. The van der Waals surface area contributed by atoms with E-state index in [0.717, 1.165) is 19.0 Å². The summed E-state index contributed by atoms with van der Waals surface area (Å²) in [6.07, 6.45) is 0. The highest BCUT2D eigenvalue weighted by molar-refractivity contribution is 14.0. The molecule has 1 aromatic carbocycles. The van der Waals surface area contributed by atoms with Crippen molar-refractivity contribution in [1.82, 2.24) is 16.0 Å². The molecule has 0 bridgehead atoms. The number of thiophene rings is 1. The zero-order valence-corrected chi connectivity index (χ0v) is 18.3. The molecule has 0 aliphatic heterocycles. The van der Waals surface area contributed by atoms with Crippen LogP contribution in [0.4, 0.5) is 0 Å². The summed E-state index contributed by atoms with van der Waals surface area (Å²) in [6, 6.07) is 13.4. The third kappa shape index (κ3) is 7.74. The molecule has 142 valence electrons. The first-order valence-electron chi connectivity index (χ1n) is 8.59. The Hall–Kier alpha value is -1.61. The quantitative estimate of drug-likeness (QED) is 0.232. The zero-order chi connectivity index (χ0) is 17.9. The molecular weight excluding hydrogens is 459 g/mol. The molecule has 3 N–H and O–H groups in total. The van der Waals surface area contributed by atoms with E-state index in [-0.39, 0.29) is 29.9 Å². The van der Waals surface area contributed by atoms with Gasteiger partial charge in [0.05, 0.1) is 6.54 Å². The van der Waals surface area contributed by atoms with E-state index < -0.39 is 0 Å². The lowest BCUT2D eigenvalue weighted by Crippen LogP contribution is -2.41. The number of rotatable bonds is 8. The molecule has 0 aliphatic carbocycles. The molecule has 0 spiro atoms. The standard InChI is InChI=1S/C19H26N4OS.HI/c1-3-20-19(23-14-15(2)17-10-7-13-25-17)22-12-11-21-18(24)16-8-5-4-6-9-16;/h4-10,13,15H,3,11-12,14H2,1-2H3,(H,21,24)(H2,20,22,23);1H. The van der Waals surface area contributed by atoms with Crippen LogP contribution in [0.5, 0.6) is 0 Å². The van der Waals surface area contributed by atoms with Crippen molar-refractivity contribution in [3.63, 3.8) is 0 Å². The van der Waals surface area contributed by atoms with Gasteiger partial charge in [0.15, 0.2) is 5.96 Å². The van der Waals surface area contributed by atoms with Crippen molar-refractivity contribution in [1.29, 1.82) is 0 Å². The summed E-state index contributed by atoms with van der Waals surface area (Å²) in [5.74, 6) is 1.11. The van der Waals surface area contributed by atoms with Gasteiger partial charge in [-0.15, -0.1) is 35.3 Å². The topological polar surface area (TPSA) is 65.5 Å². The smallest absolute Gasteiger partial charge is 0.251 e. The van der Waals surface area contributed by atoms with Crippen molar-refractivity contribution in [2.75, 3.05) is 26.2 Å². The molecule has 1 heterocycles. The summed E-state index contributed by atoms with van der Waals surface area (Å²) in [6.45, 7) is 6.91. The van der Waals surface area contributed by atoms with E-state index in [1.807, 2.05) is 25.1 Å². The van der Waals surface area contributed by atoms with Crippen LogP contribution in [0.2, 0.25) is 0 Å². The number of amides is 1. The van der Waals surface area contributed by atoms with Crippen LogP contribution in [-0.2, 0) is 0 Å². The summed E-state index contributed by atoms with van der Waals surface area (Å²) in [5, 5.41) is 11.5. The minimum atomic E-state index is -0.0596. The van der Waals surface area contributed by atoms with Gasteiger partial charge in [0.25, 0.3) is 5.91 Å². The van der Waals surface area contributed by atoms with E-state index >= 15 is 0 Å². The first-order chi connectivity index (χ1) is 12.2. The second kappa shape index (κ2) is 12.7. The number of benzene rings is 1. The molecule has 1 atom stereocenters. The lowest BCUT2D eigenvalue weighted by Gasteiger charge is -2.13. The number of nitrogens with zero attached hydrogens (tertiary/aromatic N) is 1. The maximum atomic E-state index is 12.0. The monoisotopic (exact) mass is 486 g/mol. The van der Waals surface area contributed by atoms with Crippen LogP contribution in [0, 0.1) is 0 Å². The number of hydrogen-bond acceptors (Lipinski definition) is 3. The molecule has 1 aromatic heterocycles. The van der Waals surface area contributed by atoms with E-state index in [1.165, 1.54) is 4.88 Å². The van der Waals surface area contributed by atoms with E-state index in [2.05, 4.69) is 45.4 Å². The van der Waals surface area contributed by atoms with E-state index in [9.17, 15) is 4.79 Å². The summed E-state index contributed by atoms with van der Waals surface area (Å²) >= 11 is 1.76. The normalized spacial score (nSPS) is 12.0. The van der Waals surface area contributed by atoms with Crippen molar-refractivity contribution >= 4 is 47.2 Å². The Morgan fingerprint density at radius 1 is 1.08 bits per heavy atom. The molecule has 7 heteroatoms. The molecule has 0 fully saturated rings. The molecule has 1 amide bonds. The summed E-state index contributed by atoms with van der Waals surface area (Å²) in [5.41, 5.74) is 0.674. The Bertz CT molecular complexity index is 661. The highest BCUT2D eigenvalue weighted by atomic mass is 127. The van der Waals surface area contributed by atoms with E-state index in [4.69, 9.17) is 0 Å². The predicted molar refractivity (Wildman–Crippen MR) is 121 cm³/mol. The Morgan fingerprint density at radius 3 is 2.46 bits per heavy atom. The van der Waals surface area contributed by atoms with Gasteiger partial charge in [0.1, 0.15) is 0 Å². The van der Waals surface area contributed by atoms with Crippen LogP contribution in [0.3, 0.4) is 0 Å². The van der Waals surface area contributed by atoms with E-state index in [0.29, 0.717) is 24.6 Å². The molecule has 2 aromatic rings. The second-order valence-electron chi connectivity index (χ2n) is 5.68. The fraction of sp³-hybridized carbons (Fsp3) is 0.368. The first-order valence-corrected chi connectivity index (χ1v) is 9.47.